The van der Waals surface area contributed by atoms with Gasteiger partial charge >= 0.3 is 0 Å². The minimum Gasteiger partial charge on any atom is -0.353 e. The predicted molar refractivity (Wildman–Crippen MR) is 100 cm³/mol. The summed E-state index contributed by atoms with van der Waals surface area (Å²) in [5.41, 5.74) is 1.35. The van der Waals surface area contributed by atoms with E-state index in [9.17, 15) is 0 Å². The van der Waals surface area contributed by atoms with E-state index in [1.54, 1.807) is 0 Å². The molecule has 3 heteroatoms. The average Bonchev–Trinajstić information content (AvgIpc) is 2.64. The highest BCUT2D eigenvalue weighted by Gasteiger charge is 2.13. The van der Waals surface area contributed by atoms with Gasteiger partial charge in [0.05, 0.1) is 0 Å². The van der Waals surface area contributed by atoms with Crippen molar-refractivity contribution in [2.24, 2.45) is 0 Å². The van der Waals surface area contributed by atoms with E-state index in [0.717, 1.165) is 39.0 Å². The Kier molecular flexibility index (Phi) is 9.77. The zero-order chi connectivity index (χ0) is 16.9. The molecule has 0 aromatic heterocycles. The molecule has 24 heavy (non-hydrogen) atoms. The van der Waals surface area contributed by atoms with Crippen LogP contribution < -0.4 is 5.32 Å². The molecule has 0 spiro atoms. The van der Waals surface area contributed by atoms with Gasteiger partial charge in [-0.2, -0.15) is 0 Å². The van der Waals surface area contributed by atoms with Crippen molar-refractivity contribution in [2.45, 2.75) is 63.7 Å². The summed E-state index contributed by atoms with van der Waals surface area (Å²) in [4.78, 5) is 0. The van der Waals surface area contributed by atoms with Gasteiger partial charge in [0, 0.05) is 19.3 Å². The average molecular weight is 331 g/mol. The van der Waals surface area contributed by atoms with Gasteiger partial charge in [0.1, 0.15) is 0 Å². The van der Waals surface area contributed by atoms with E-state index >= 15 is 0 Å². The highest BCUT2D eigenvalue weighted by molar-refractivity contribution is 5.19. The first-order valence-corrected chi connectivity index (χ1v) is 9.52. The third kappa shape index (κ3) is 7.61. The molecule has 3 nitrogen and oxygen atoms in total. The van der Waals surface area contributed by atoms with Crippen molar-refractivity contribution >= 4 is 0 Å². The Hall–Kier alpha value is -1.16. The van der Waals surface area contributed by atoms with E-state index in [0.29, 0.717) is 6.04 Å². The Morgan fingerprint density at radius 2 is 2.00 bits per heavy atom. The van der Waals surface area contributed by atoms with Crippen LogP contribution in [0.1, 0.15) is 63.0 Å². The highest BCUT2D eigenvalue weighted by Crippen LogP contribution is 2.17. The maximum absolute atomic E-state index is 5.77. The lowest BCUT2D eigenvalue weighted by atomic mass is 10.0. The van der Waals surface area contributed by atoms with Gasteiger partial charge in [-0.05, 0) is 50.6 Å². The highest BCUT2D eigenvalue weighted by atomic mass is 16.7. The second kappa shape index (κ2) is 12.2. The van der Waals surface area contributed by atoms with Crippen LogP contribution in [0.25, 0.3) is 0 Å². The molecule has 1 aromatic carbocycles. The van der Waals surface area contributed by atoms with Crippen molar-refractivity contribution in [3.8, 4) is 0 Å². The summed E-state index contributed by atoms with van der Waals surface area (Å²) >= 11 is 0. The maximum atomic E-state index is 5.77. The quantitative estimate of drug-likeness (QED) is 0.432. The molecule has 2 atom stereocenters. The van der Waals surface area contributed by atoms with Gasteiger partial charge < -0.3 is 14.8 Å². The van der Waals surface area contributed by atoms with E-state index in [4.69, 9.17) is 9.47 Å². The first kappa shape index (κ1) is 19.2. The van der Waals surface area contributed by atoms with E-state index in [1.165, 1.54) is 37.7 Å². The van der Waals surface area contributed by atoms with Gasteiger partial charge in [0.15, 0.2) is 6.29 Å². The normalized spacial score (nSPS) is 19.1. The summed E-state index contributed by atoms with van der Waals surface area (Å²) in [6.45, 7) is 6.63. The third-order valence-electron chi connectivity index (χ3n) is 4.51. The van der Waals surface area contributed by atoms with Gasteiger partial charge in [-0.3, -0.25) is 0 Å². The molecule has 0 aliphatic carbocycles. The summed E-state index contributed by atoms with van der Waals surface area (Å²) in [6, 6.07) is 11.0. The lowest BCUT2D eigenvalue weighted by Gasteiger charge is -2.22. The smallest absolute Gasteiger partial charge is 0.157 e. The van der Waals surface area contributed by atoms with Gasteiger partial charge in [-0.25, -0.2) is 0 Å². The van der Waals surface area contributed by atoms with Crippen molar-refractivity contribution in [3.63, 3.8) is 0 Å². The van der Waals surface area contributed by atoms with Gasteiger partial charge in [0.2, 0.25) is 0 Å². The number of nitrogens with one attached hydrogen (secondary N) is 1. The molecule has 1 N–H and O–H groups in total. The Balaban J connectivity index is 1.49. The molecule has 1 aromatic rings. The van der Waals surface area contributed by atoms with Crippen molar-refractivity contribution in [1.29, 1.82) is 0 Å². The fourth-order valence-electron chi connectivity index (χ4n) is 3.10. The van der Waals surface area contributed by atoms with Crippen LogP contribution in [0.15, 0.2) is 43.0 Å². The van der Waals surface area contributed by atoms with E-state index < -0.39 is 0 Å². The second-order valence-electron chi connectivity index (χ2n) is 6.52. The largest absolute Gasteiger partial charge is 0.353 e. The summed E-state index contributed by atoms with van der Waals surface area (Å²) in [5.74, 6) is 0. The van der Waals surface area contributed by atoms with Crippen LogP contribution in [0.4, 0.5) is 0 Å². The zero-order valence-corrected chi connectivity index (χ0v) is 14.9. The van der Waals surface area contributed by atoms with Crippen LogP contribution in [0.5, 0.6) is 0 Å². The maximum Gasteiger partial charge on any atom is 0.157 e. The molecule has 1 saturated heterocycles. The number of benzene rings is 1. The van der Waals surface area contributed by atoms with Crippen molar-refractivity contribution < 1.29 is 9.47 Å². The zero-order valence-electron chi connectivity index (χ0n) is 14.9. The van der Waals surface area contributed by atoms with Crippen LogP contribution in [-0.2, 0) is 9.47 Å². The molecule has 0 saturated carbocycles. The van der Waals surface area contributed by atoms with Crippen molar-refractivity contribution in [1.82, 2.24) is 5.32 Å². The van der Waals surface area contributed by atoms with Gasteiger partial charge in [0.25, 0.3) is 0 Å². The van der Waals surface area contributed by atoms with E-state index in [-0.39, 0.29) is 6.29 Å². The van der Waals surface area contributed by atoms with Crippen LogP contribution in [0.2, 0.25) is 0 Å². The summed E-state index contributed by atoms with van der Waals surface area (Å²) in [6.07, 6.45) is 11.3. The van der Waals surface area contributed by atoms with Crippen LogP contribution in [0, 0.1) is 0 Å². The fourth-order valence-corrected chi connectivity index (χ4v) is 3.10. The summed E-state index contributed by atoms with van der Waals surface area (Å²) in [5, 5.41) is 3.66. The fraction of sp³-hybridized carbons (Fsp3) is 0.619. The molecule has 134 valence electrons. The van der Waals surface area contributed by atoms with Gasteiger partial charge in [-0.15, -0.1) is 6.58 Å². The molecule has 1 aliphatic heterocycles. The molecule has 0 bridgehead atoms. The number of ether oxygens (including phenoxy) is 2. The Morgan fingerprint density at radius 3 is 2.75 bits per heavy atom. The molecular weight excluding hydrogens is 298 g/mol. The summed E-state index contributed by atoms with van der Waals surface area (Å²) < 4.78 is 11.3. The number of hydrogen-bond acceptors (Lipinski definition) is 3. The molecular formula is C21H33NO2. The SMILES string of the molecule is C=CCC(NCCCCCCOC1CCCCO1)c1ccccc1. The lowest BCUT2D eigenvalue weighted by Crippen LogP contribution is -2.23. The molecule has 1 heterocycles. The second-order valence-corrected chi connectivity index (χ2v) is 6.52. The Morgan fingerprint density at radius 1 is 1.17 bits per heavy atom. The topological polar surface area (TPSA) is 30.5 Å². The van der Waals surface area contributed by atoms with Crippen LogP contribution in [-0.4, -0.2) is 26.0 Å². The predicted octanol–water partition coefficient (Wildman–Crippen LogP) is 5.00. The minimum absolute atomic E-state index is 0.0611. The number of hydrogen-bond donors (Lipinski definition) is 1. The van der Waals surface area contributed by atoms with Crippen LogP contribution >= 0.6 is 0 Å². The number of unbranched alkanes of at least 4 members (excludes halogenated alkanes) is 3. The minimum atomic E-state index is 0.0611. The first-order valence-electron chi connectivity index (χ1n) is 9.52. The standard InChI is InChI=1S/C21H33NO2/c1-2-12-20(19-13-6-5-7-14-19)22-16-9-3-4-10-17-23-21-15-8-11-18-24-21/h2,5-7,13-14,20-22H,1,3-4,8-12,15-18H2. The molecule has 1 fully saturated rings. The van der Waals surface area contributed by atoms with Crippen molar-refractivity contribution in [2.75, 3.05) is 19.8 Å². The molecule has 0 amide bonds. The Labute approximate surface area is 147 Å². The first-order chi connectivity index (χ1) is 11.9. The molecule has 1 aliphatic rings. The van der Waals surface area contributed by atoms with Gasteiger partial charge in [-0.1, -0.05) is 49.2 Å². The van der Waals surface area contributed by atoms with E-state index in [2.05, 4.69) is 42.2 Å². The number of rotatable bonds is 12. The molecule has 2 rings (SSSR count). The monoisotopic (exact) mass is 331 g/mol. The van der Waals surface area contributed by atoms with E-state index in [1.807, 2.05) is 6.08 Å². The summed E-state index contributed by atoms with van der Waals surface area (Å²) in [7, 11) is 0. The van der Waals surface area contributed by atoms with Crippen LogP contribution in [0.3, 0.4) is 0 Å². The third-order valence-corrected chi connectivity index (χ3v) is 4.51. The Bertz CT molecular complexity index is 429. The van der Waals surface area contributed by atoms with Crippen molar-refractivity contribution in [3.05, 3.63) is 48.6 Å². The molecule has 0 radical (unpaired) electrons. The lowest BCUT2D eigenvalue weighted by molar-refractivity contribution is -0.162. The molecule has 2 unspecified atom stereocenters.